The molecule has 27 heavy (non-hydrogen) atoms. The Kier molecular flexibility index (Phi) is 6.53. The molecule has 0 spiro atoms. The van der Waals surface area contributed by atoms with Gasteiger partial charge in [0.25, 0.3) is 0 Å². The number of carbonyl (C=O) groups is 2. The SMILES string of the molecule is CCOC(=O)C1=C(C)NC(C=NO)=C(C(=O)OCC)C1c1ccc[n+]([O-])c1. The van der Waals surface area contributed by atoms with Gasteiger partial charge in [0, 0.05) is 17.3 Å². The van der Waals surface area contributed by atoms with Gasteiger partial charge in [-0.15, -0.1) is 0 Å². The Morgan fingerprint density at radius 3 is 2.48 bits per heavy atom. The van der Waals surface area contributed by atoms with Crippen LogP contribution in [0.15, 0.2) is 52.2 Å². The summed E-state index contributed by atoms with van der Waals surface area (Å²) in [5, 5.41) is 26.6. The van der Waals surface area contributed by atoms with Crippen LogP contribution in [-0.4, -0.2) is 36.6 Å². The number of hydrogen-bond donors (Lipinski definition) is 2. The number of oxime groups is 1. The second-order valence-corrected chi connectivity index (χ2v) is 5.61. The Bertz CT molecular complexity index is 828. The highest BCUT2D eigenvalue weighted by Crippen LogP contribution is 2.38. The number of aromatic nitrogens is 1. The first-order chi connectivity index (χ1) is 12.9. The van der Waals surface area contributed by atoms with E-state index in [4.69, 9.17) is 14.7 Å². The lowest BCUT2D eigenvalue weighted by molar-refractivity contribution is -0.605. The predicted octanol–water partition coefficient (Wildman–Crippen LogP) is 1.12. The molecule has 2 heterocycles. The quantitative estimate of drug-likeness (QED) is 0.191. The molecule has 9 heteroatoms. The molecule has 9 nitrogen and oxygen atoms in total. The fraction of sp³-hybridized carbons (Fsp3) is 0.333. The van der Waals surface area contributed by atoms with Crippen LogP contribution in [-0.2, 0) is 19.1 Å². The van der Waals surface area contributed by atoms with Crippen molar-refractivity contribution in [3.8, 4) is 0 Å². The van der Waals surface area contributed by atoms with Gasteiger partial charge in [-0.1, -0.05) is 5.16 Å². The largest absolute Gasteiger partial charge is 0.619 e. The summed E-state index contributed by atoms with van der Waals surface area (Å²) < 4.78 is 10.8. The minimum absolute atomic E-state index is 0.0366. The van der Waals surface area contributed by atoms with E-state index in [0.717, 1.165) is 6.21 Å². The molecule has 2 rings (SSSR count). The predicted molar refractivity (Wildman–Crippen MR) is 94.5 cm³/mol. The summed E-state index contributed by atoms with van der Waals surface area (Å²) in [5.74, 6) is -2.27. The Morgan fingerprint density at radius 1 is 1.30 bits per heavy atom. The number of nitrogens with zero attached hydrogens (tertiary/aromatic N) is 2. The van der Waals surface area contributed by atoms with Crippen LogP contribution in [0.2, 0.25) is 0 Å². The highest BCUT2D eigenvalue weighted by atomic mass is 16.5. The molecule has 1 aliphatic rings. The third-order valence-electron chi connectivity index (χ3n) is 3.90. The summed E-state index contributed by atoms with van der Waals surface area (Å²) in [6, 6.07) is 3.12. The van der Waals surface area contributed by atoms with E-state index in [1.807, 2.05) is 0 Å². The van der Waals surface area contributed by atoms with E-state index in [1.54, 1.807) is 26.8 Å². The van der Waals surface area contributed by atoms with Gasteiger partial charge in [-0.3, -0.25) is 0 Å². The van der Waals surface area contributed by atoms with Crippen molar-refractivity contribution in [3.63, 3.8) is 0 Å². The summed E-state index contributed by atoms with van der Waals surface area (Å²) >= 11 is 0. The summed E-state index contributed by atoms with van der Waals surface area (Å²) in [6.07, 6.45) is 3.59. The van der Waals surface area contributed by atoms with Gasteiger partial charge in [-0.2, -0.15) is 4.73 Å². The number of allylic oxidation sites excluding steroid dienone is 2. The molecule has 0 fully saturated rings. The third-order valence-corrected chi connectivity index (χ3v) is 3.90. The van der Waals surface area contributed by atoms with Crippen molar-refractivity contribution in [2.75, 3.05) is 13.2 Å². The normalized spacial score (nSPS) is 17.1. The number of hydrogen-bond acceptors (Lipinski definition) is 8. The smallest absolute Gasteiger partial charge is 0.337 e. The van der Waals surface area contributed by atoms with Crippen molar-refractivity contribution < 1.29 is 29.0 Å². The van der Waals surface area contributed by atoms with Crippen molar-refractivity contribution in [2.24, 2.45) is 5.16 Å². The number of nitrogens with one attached hydrogen (secondary N) is 1. The molecule has 0 saturated heterocycles. The molecule has 0 aromatic carbocycles. The second kappa shape index (κ2) is 8.84. The zero-order valence-corrected chi connectivity index (χ0v) is 15.3. The van der Waals surface area contributed by atoms with Crippen LogP contribution in [0.1, 0.15) is 32.3 Å². The minimum atomic E-state index is -0.932. The maximum Gasteiger partial charge on any atom is 0.337 e. The minimum Gasteiger partial charge on any atom is -0.619 e. The molecular formula is C18H21N3O6. The summed E-state index contributed by atoms with van der Waals surface area (Å²) in [4.78, 5) is 25.3. The van der Waals surface area contributed by atoms with Crippen LogP contribution in [0.5, 0.6) is 0 Å². The standard InChI is InChI=1S/C18H21N3O6/c1-4-26-17(22)14-11(3)20-13(9-19-24)16(18(23)27-5-2)15(14)12-7-6-8-21(25)10-12/h6-10,15,20,24H,4-5H2,1-3H3. The Hall–Kier alpha value is -3.36. The molecule has 1 unspecified atom stereocenters. The monoisotopic (exact) mass is 375 g/mol. The van der Waals surface area contributed by atoms with Crippen molar-refractivity contribution in [1.82, 2.24) is 5.32 Å². The molecule has 0 aliphatic carbocycles. The molecular weight excluding hydrogens is 354 g/mol. The molecule has 0 saturated carbocycles. The molecule has 1 aromatic heterocycles. The van der Waals surface area contributed by atoms with E-state index in [0.29, 0.717) is 16.0 Å². The lowest BCUT2D eigenvalue weighted by Crippen LogP contribution is -2.35. The van der Waals surface area contributed by atoms with Crippen LogP contribution < -0.4 is 10.0 Å². The van der Waals surface area contributed by atoms with Gasteiger partial charge in [0.2, 0.25) is 0 Å². The summed E-state index contributed by atoms with van der Waals surface area (Å²) in [5.41, 5.74) is 1.16. The number of carbonyl (C=O) groups excluding carboxylic acids is 2. The third kappa shape index (κ3) is 4.25. The van der Waals surface area contributed by atoms with Crippen LogP contribution >= 0.6 is 0 Å². The van der Waals surface area contributed by atoms with Gasteiger partial charge >= 0.3 is 11.9 Å². The van der Waals surface area contributed by atoms with Crippen LogP contribution in [0.3, 0.4) is 0 Å². The van der Waals surface area contributed by atoms with Gasteiger partial charge in [-0.05, 0) is 26.8 Å². The van der Waals surface area contributed by atoms with Gasteiger partial charge in [-0.25, -0.2) is 9.59 Å². The molecule has 0 radical (unpaired) electrons. The van der Waals surface area contributed by atoms with Crippen molar-refractivity contribution in [3.05, 3.63) is 57.8 Å². The van der Waals surface area contributed by atoms with E-state index in [-0.39, 0.29) is 30.1 Å². The molecule has 1 aromatic rings. The van der Waals surface area contributed by atoms with Crippen molar-refractivity contribution in [2.45, 2.75) is 26.7 Å². The number of ether oxygens (including phenoxy) is 2. The van der Waals surface area contributed by atoms with Crippen LogP contribution in [0.25, 0.3) is 0 Å². The number of dihydropyridines is 1. The molecule has 144 valence electrons. The van der Waals surface area contributed by atoms with E-state index in [1.165, 1.54) is 18.5 Å². The molecule has 0 amide bonds. The molecule has 1 atom stereocenters. The topological polar surface area (TPSA) is 124 Å². The maximum atomic E-state index is 12.7. The van der Waals surface area contributed by atoms with Gasteiger partial charge in [0.05, 0.1) is 42.2 Å². The second-order valence-electron chi connectivity index (χ2n) is 5.61. The highest BCUT2D eigenvalue weighted by molar-refractivity contribution is 6.03. The Morgan fingerprint density at radius 2 is 1.93 bits per heavy atom. The van der Waals surface area contributed by atoms with Gasteiger partial charge < -0.3 is 25.2 Å². The van der Waals surface area contributed by atoms with E-state index >= 15 is 0 Å². The lowest BCUT2D eigenvalue weighted by Gasteiger charge is -2.29. The fourth-order valence-corrected chi connectivity index (χ4v) is 2.91. The number of esters is 2. The first-order valence-corrected chi connectivity index (χ1v) is 8.36. The zero-order chi connectivity index (χ0) is 20.0. The van der Waals surface area contributed by atoms with Crippen LogP contribution in [0.4, 0.5) is 0 Å². The average molecular weight is 375 g/mol. The molecule has 2 N–H and O–H groups in total. The number of rotatable bonds is 6. The summed E-state index contributed by atoms with van der Waals surface area (Å²) in [6.45, 7) is 5.18. The van der Waals surface area contributed by atoms with E-state index in [2.05, 4.69) is 10.5 Å². The average Bonchev–Trinajstić information content (AvgIpc) is 2.61. The Balaban J connectivity index is 2.73. The molecule has 1 aliphatic heterocycles. The number of pyridine rings is 1. The Labute approximate surface area is 156 Å². The lowest BCUT2D eigenvalue weighted by atomic mass is 9.81. The first-order valence-electron chi connectivity index (χ1n) is 8.36. The van der Waals surface area contributed by atoms with Crippen molar-refractivity contribution in [1.29, 1.82) is 0 Å². The van der Waals surface area contributed by atoms with E-state index in [9.17, 15) is 14.8 Å². The highest BCUT2D eigenvalue weighted by Gasteiger charge is 2.39. The first kappa shape index (κ1) is 20.0. The van der Waals surface area contributed by atoms with Gasteiger partial charge in [0.15, 0.2) is 12.4 Å². The maximum absolute atomic E-state index is 12.7. The van der Waals surface area contributed by atoms with Gasteiger partial charge in [0.1, 0.15) is 0 Å². The fourth-order valence-electron chi connectivity index (χ4n) is 2.91. The van der Waals surface area contributed by atoms with E-state index < -0.39 is 17.9 Å². The molecule has 0 bridgehead atoms. The summed E-state index contributed by atoms with van der Waals surface area (Å²) in [7, 11) is 0. The van der Waals surface area contributed by atoms with Crippen molar-refractivity contribution >= 4 is 18.2 Å². The zero-order valence-electron chi connectivity index (χ0n) is 15.3. The van der Waals surface area contributed by atoms with Crippen LogP contribution in [0, 0.1) is 5.21 Å².